The first-order valence-electron chi connectivity index (χ1n) is 20.0. The molecule has 2 heteroatoms. The first kappa shape index (κ1) is 19.6. The van der Waals surface area contributed by atoms with E-state index in [1.54, 1.807) is 13.8 Å². The summed E-state index contributed by atoms with van der Waals surface area (Å²) in [5.74, 6) is 0.492. The molecular weight excluding hydrogens is 569 g/mol. The molecule has 0 spiro atoms. The minimum Gasteiger partial charge on any atom is -0.228 e. The molecular formula is C45H32N2. The zero-order chi connectivity index (χ0) is 39.4. The van der Waals surface area contributed by atoms with Gasteiger partial charge < -0.3 is 0 Å². The fourth-order valence-corrected chi connectivity index (χ4v) is 6.78. The fraction of sp³-hybridized carbons (Fsp3) is 0.0667. The van der Waals surface area contributed by atoms with Gasteiger partial charge >= 0.3 is 0 Å². The van der Waals surface area contributed by atoms with E-state index in [9.17, 15) is 5.48 Å². The summed E-state index contributed by atoms with van der Waals surface area (Å²) in [4.78, 5) is 10.1. The van der Waals surface area contributed by atoms with Crippen LogP contribution in [0.2, 0.25) is 0 Å². The highest BCUT2D eigenvalue weighted by Crippen LogP contribution is 2.54. The maximum atomic E-state index is 9.56. The predicted molar refractivity (Wildman–Crippen MR) is 196 cm³/mol. The van der Waals surface area contributed by atoms with Crippen LogP contribution in [0.15, 0.2) is 158 Å². The number of nitrogens with zero attached hydrogens (tertiary/aromatic N) is 2. The van der Waals surface area contributed by atoms with Gasteiger partial charge in [-0.3, -0.25) is 0 Å². The van der Waals surface area contributed by atoms with E-state index in [-0.39, 0.29) is 46.5 Å². The second-order valence-corrected chi connectivity index (χ2v) is 12.3. The Bertz CT molecular complexity index is 2920. The van der Waals surface area contributed by atoms with Crippen molar-refractivity contribution < 1.29 is 12.3 Å². The van der Waals surface area contributed by atoms with Crippen LogP contribution >= 0.6 is 0 Å². The monoisotopic (exact) mass is 609 g/mol. The van der Waals surface area contributed by atoms with Gasteiger partial charge in [0, 0.05) is 22.1 Å². The lowest BCUT2D eigenvalue weighted by atomic mass is 9.81. The number of fused-ring (bicyclic) bond motifs is 5. The van der Waals surface area contributed by atoms with Crippen molar-refractivity contribution in [1.82, 2.24) is 9.97 Å². The van der Waals surface area contributed by atoms with Crippen LogP contribution in [0.3, 0.4) is 0 Å². The predicted octanol–water partition coefficient (Wildman–Crippen LogP) is 11.8. The first-order valence-corrected chi connectivity index (χ1v) is 15.5. The molecule has 0 radical (unpaired) electrons. The maximum Gasteiger partial charge on any atom is 0.161 e. The molecule has 222 valence electrons. The smallest absolute Gasteiger partial charge is 0.161 e. The van der Waals surface area contributed by atoms with Crippen LogP contribution in [-0.4, -0.2) is 9.97 Å². The molecule has 47 heavy (non-hydrogen) atoms. The number of hydrogen-bond acceptors (Lipinski definition) is 2. The van der Waals surface area contributed by atoms with E-state index in [2.05, 4.69) is 0 Å². The van der Waals surface area contributed by atoms with Gasteiger partial charge in [-0.15, -0.1) is 0 Å². The molecule has 9 rings (SSSR count). The lowest BCUT2D eigenvalue weighted by molar-refractivity contribution is 0.661. The van der Waals surface area contributed by atoms with Gasteiger partial charge in [-0.1, -0.05) is 147 Å². The van der Waals surface area contributed by atoms with Crippen molar-refractivity contribution in [1.29, 1.82) is 0 Å². The second-order valence-electron chi connectivity index (χ2n) is 12.3. The summed E-state index contributed by atoms with van der Waals surface area (Å²) >= 11 is 0. The summed E-state index contributed by atoms with van der Waals surface area (Å²) in [6.45, 7) is 3.61. The molecule has 0 aliphatic heterocycles. The van der Waals surface area contributed by atoms with Gasteiger partial charge in [0.15, 0.2) is 5.82 Å². The third-order valence-electron chi connectivity index (χ3n) is 9.11. The summed E-state index contributed by atoms with van der Waals surface area (Å²) in [6.07, 6.45) is 0. The molecule has 7 aromatic carbocycles. The second kappa shape index (κ2) is 10.6. The van der Waals surface area contributed by atoms with Crippen LogP contribution in [0, 0.1) is 0 Å². The molecule has 8 aromatic rings. The summed E-state index contributed by atoms with van der Waals surface area (Å²) in [5.41, 5.74) is 5.16. The topological polar surface area (TPSA) is 25.8 Å². The first-order chi connectivity index (χ1) is 26.8. The van der Waals surface area contributed by atoms with Crippen LogP contribution in [0.5, 0.6) is 0 Å². The van der Waals surface area contributed by atoms with Crippen LogP contribution < -0.4 is 0 Å². The van der Waals surface area contributed by atoms with E-state index in [0.717, 1.165) is 38.9 Å². The Morgan fingerprint density at radius 3 is 1.74 bits per heavy atom. The lowest BCUT2D eigenvalue weighted by Gasteiger charge is -2.22. The number of aromatic nitrogens is 2. The van der Waals surface area contributed by atoms with Crippen LogP contribution in [0.4, 0.5) is 0 Å². The maximum absolute atomic E-state index is 9.56. The van der Waals surface area contributed by atoms with Crippen molar-refractivity contribution in [3.63, 3.8) is 0 Å². The van der Waals surface area contributed by atoms with Gasteiger partial charge in [0.2, 0.25) is 0 Å². The Morgan fingerprint density at radius 1 is 0.511 bits per heavy atom. The van der Waals surface area contributed by atoms with Crippen molar-refractivity contribution >= 4 is 21.5 Å². The Balaban J connectivity index is 1.36. The summed E-state index contributed by atoms with van der Waals surface area (Å²) < 4.78 is 80.9. The number of hydrogen-bond donors (Lipinski definition) is 0. The van der Waals surface area contributed by atoms with Gasteiger partial charge in [-0.05, 0) is 79.1 Å². The van der Waals surface area contributed by atoms with E-state index < -0.39 is 29.6 Å². The fourth-order valence-electron chi connectivity index (χ4n) is 6.78. The third-order valence-corrected chi connectivity index (χ3v) is 9.11. The largest absolute Gasteiger partial charge is 0.228 e. The SMILES string of the molecule is [2H]c1c([2H])c(-c2ccc(-c3nc(-c4ccccc4)cc(-c4ccccc4)n3)c3ccccc23)c2c(c1[2H])C(C)(C)c1c-2c([2H])c2c([2H])c([2H])c([2H])c([2H])c2c1[2H]. The molecule has 1 heterocycles. The molecule has 2 nitrogen and oxygen atoms in total. The molecule has 0 bridgehead atoms. The van der Waals surface area contributed by atoms with Gasteiger partial charge in [0.25, 0.3) is 0 Å². The molecule has 0 amide bonds. The van der Waals surface area contributed by atoms with Crippen LogP contribution in [0.1, 0.15) is 37.3 Å². The zero-order valence-corrected chi connectivity index (χ0v) is 25.7. The van der Waals surface area contributed by atoms with Crippen molar-refractivity contribution in [2.24, 2.45) is 0 Å². The summed E-state index contributed by atoms with van der Waals surface area (Å²) in [5, 5.41) is 1.35. The van der Waals surface area contributed by atoms with Gasteiger partial charge in [0.05, 0.1) is 23.7 Å². The van der Waals surface area contributed by atoms with E-state index in [0.29, 0.717) is 33.6 Å². The number of rotatable bonds is 4. The highest BCUT2D eigenvalue weighted by atomic mass is 14.9. The van der Waals surface area contributed by atoms with Crippen molar-refractivity contribution in [2.45, 2.75) is 19.3 Å². The average Bonchev–Trinajstić information content (AvgIpc) is 3.47. The molecule has 0 saturated carbocycles. The molecule has 1 aliphatic rings. The van der Waals surface area contributed by atoms with Crippen LogP contribution in [0.25, 0.3) is 77.7 Å². The van der Waals surface area contributed by atoms with E-state index in [4.69, 9.17) is 16.8 Å². The Labute approximate surface area is 287 Å². The molecule has 0 unspecified atom stereocenters. The van der Waals surface area contributed by atoms with E-state index in [1.807, 2.05) is 103 Å². The highest BCUT2D eigenvalue weighted by molar-refractivity contribution is 6.08. The van der Waals surface area contributed by atoms with Gasteiger partial charge in [-0.25, -0.2) is 9.97 Å². The van der Waals surface area contributed by atoms with Crippen molar-refractivity contribution in [2.75, 3.05) is 0 Å². The van der Waals surface area contributed by atoms with Crippen molar-refractivity contribution in [3.8, 4) is 56.2 Å². The standard InChI is InChI=1S/C45H32N2/c1-45(2)39-23-13-22-36(43(39)38-26-31-18-9-10-19-32(31)27-40(38)45)35-24-25-37(34-21-12-11-20-33(34)35)44-46-41(29-14-5-3-6-15-29)28-42(47-44)30-16-7-4-8-17-30/h3-28H,1-2H3/i9D,10D,13D,18D,19D,22D,23D,26D,27D. The van der Waals surface area contributed by atoms with Crippen molar-refractivity contribution in [3.05, 3.63) is 169 Å². The molecule has 0 atom stereocenters. The minimum absolute atomic E-state index is 0.0617. The van der Waals surface area contributed by atoms with Crippen LogP contribution in [-0.2, 0) is 5.41 Å². The van der Waals surface area contributed by atoms with E-state index in [1.165, 1.54) is 0 Å². The summed E-state index contributed by atoms with van der Waals surface area (Å²) in [7, 11) is 0. The molecule has 1 aliphatic carbocycles. The quantitative estimate of drug-likeness (QED) is 0.198. The van der Waals surface area contributed by atoms with Gasteiger partial charge in [0.1, 0.15) is 0 Å². The molecule has 0 saturated heterocycles. The Hall–Kier alpha value is -5.86. The molecule has 1 aromatic heterocycles. The molecule has 0 fully saturated rings. The zero-order valence-electron chi connectivity index (χ0n) is 34.7. The Kier molecular flexibility index (Phi) is 4.43. The lowest BCUT2D eigenvalue weighted by Crippen LogP contribution is -2.14. The normalized spacial score (nSPS) is 15.7. The number of benzene rings is 7. The summed E-state index contributed by atoms with van der Waals surface area (Å²) in [6, 6.07) is 30.3. The average molecular weight is 610 g/mol. The highest BCUT2D eigenvalue weighted by Gasteiger charge is 2.37. The third kappa shape index (κ3) is 4.40. The van der Waals surface area contributed by atoms with E-state index >= 15 is 0 Å². The molecule has 0 N–H and O–H groups in total. The minimum atomic E-state index is -1.12. The Morgan fingerprint density at radius 2 is 1.09 bits per heavy atom. The van der Waals surface area contributed by atoms with Gasteiger partial charge in [-0.2, -0.15) is 0 Å².